The molecule has 1 heterocycles. The maximum Gasteiger partial charge on any atom is 0.119 e. The third-order valence-corrected chi connectivity index (χ3v) is 3.72. The molecular weight excluding hydrogens is 250 g/mol. The van der Waals surface area contributed by atoms with Crippen LogP contribution < -0.4 is 4.74 Å². The van der Waals surface area contributed by atoms with Gasteiger partial charge in [0.1, 0.15) is 11.9 Å². The maximum absolute atomic E-state index is 9.66. The third-order valence-electron chi connectivity index (χ3n) is 3.72. The molecule has 1 N–H and O–H groups in total. The third kappa shape index (κ3) is 3.17. The summed E-state index contributed by atoms with van der Waals surface area (Å²) in [4.78, 5) is 4.33. The van der Waals surface area contributed by atoms with Crippen molar-refractivity contribution in [3.8, 4) is 17.0 Å². The summed E-state index contributed by atoms with van der Waals surface area (Å²) >= 11 is 0. The summed E-state index contributed by atoms with van der Waals surface area (Å²) in [6.07, 6.45) is 5.43. The SMILES string of the molecule is OC1CCCC(Oc2ccc(-c3ccccn3)cc2)C1. The van der Waals surface area contributed by atoms with Crippen molar-refractivity contribution in [2.45, 2.75) is 37.9 Å². The van der Waals surface area contributed by atoms with E-state index >= 15 is 0 Å². The summed E-state index contributed by atoms with van der Waals surface area (Å²) < 4.78 is 5.94. The Bertz CT molecular complexity index is 539. The Labute approximate surface area is 119 Å². The van der Waals surface area contributed by atoms with Crippen LogP contribution in [-0.2, 0) is 0 Å². The van der Waals surface area contributed by atoms with Gasteiger partial charge >= 0.3 is 0 Å². The minimum absolute atomic E-state index is 0.138. The van der Waals surface area contributed by atoms with E-state index in [1.165, 1.54) is 0 Å². The Hall–Kier alpha value is -1.87. The first-order chi connectivity index (χ1) is 9.81. The van der Waals surface area contributed by atoms with Gasteiger partial charge in [-0.25, -0.2) is 0 Å². The predicted octanol–water partition coefficient (Wildman–Crippen LogP) is 3.43. The van der Waals surface area contributed by atoms with Gasteiger partial charge in [0.25, 0.3) is 0 Å². The van der Waals surface area contributed by atoms with Crippen molar-refractivity contribution < 1.29 is 9.84 Å². The van der Waals surface area contributed by atoms with Gasteiger partial charge in [-0.1, -0.05) is 6.07 Å². The summed E-state index contributed by atoms with van der Waals surface area (Å²) in [6.45, 7) is 0. The Kier molecular flexibility index (Phi) is 3.97. The van der Waals surface area contributed by atoms with E-state index < -0.39 is 0 Å². The fourth-order valence-electron chi connectivity index (χ4n) is 2.66. The van der Waals surface area contributed by atoms with Gasteiger partial charge in [0.05, 0.1) is 11.8 Å². The molecule has 1 aliphatic rings. The number of hydrogen-bond acceptors (Lipinski definition) is 3. The van der Waals surface area contributed by atoms with Crippen LogP contribution in [0.2, 0.25) is 0 Å². The molecule has 3 rings (SSSR count). The summed E-state index contributed by atoms with van der Waals surface area (Å²) in [6, 6.07) is 13.9. The lowest BCUT2D eigenvalue weighted by Crippen LogP contribution is -2.28. The second kappa shape index (κ2) is 6.06. The first kappa shape index (κ1) is 13.1. The predicted molar refractivity (Wildman–Crippen MR) is 78.6 cm³/mol. The van der Waals surface area contributed by atoms with Crippen molar-refractivity contribution in [2.75, 3.05) is 0 Å². The van der Waals surface area contributed by atoms with Crippen LogP contribution in [-0.4, -0.2) is 22.3 Å². The van der Waals surface area contributed by atoms with Crippen LogP contribution in [0.1, 0.15) is 25.7 Å². The Balaban J connectivity index is 1.67. The molecule has 104 valence electrons. The molecule has 0 aliphatic heterocycles. The van der Waals surface area contributed by atoms with Crippen molar-refractivity contribution in [1.82, 2.24) is 4.98 Å². The molecule has 1 saturated carbocycles. The molecule has 0 saturated heterocycles. The molecule has 1 aromatic heterocycles. The van der Waals surface area contributed by atoms with Crippen LogP contribution in [0.4, 0.5) is 0 Å². The number of pyridine rings is 1. The van der Waals surface area contributed by atoms with Gasteiger partial charge in [-0.15, -0.1) is 0 Å². The van der Waals surface area contributed by atoms with E-state index in [0.717, 1.165) is 42.7 Å². The highest BCUT2D eigenvalue weighted by molar-refractivity contribution is 5.59. The molecule has 3 heteroatoms. The highest BCUT2D eigenvalue weighted by Gasteiger charge is 2.21. The fourth-order valence-corrected chi connectivity index (χ4v) is 2.66. The van der Waals surface area contributed by atoms with Gasteiger partial charge < -0.3 is 9.84 Å². The molecule has 1 aliphatic carbocycles. The van der Waals surface area contributed by atoms with Crippen molar-refractivity contribution in [3.05, 3.63) is 48.7 Å². The zero-order chi connectivity index (χ0) is 13.8. The molecule has 0 radical (unpaired) electrons. The maximum atomic E-state index is 9.66. The summed E-state index contributed by atoms with van der Waals surface area (Å²) in [5, 5.41) is 9.66. The summed E-state index contributed by atoms with van der Waals surface area (Å²) in [5.41, 5.74) is 2.05. The molecule has 2 atom stereocenters. The average Bonchev–Trinajstić information content (AvgIpc) is 2.49. The van der Waals surface area contributed by atoms with Crippen LogP contribution in [0.25, 0.3) is 11.3 Å². The minimum atomic E-state index is -0.207. The number of benzene rings is 1. The highest BCUT2D eigenvalue weighted by atomic mass is 16.5. The van der Waals surface area contributed by atoms with E-state index in [4.69, 9.17) is 4.74 Å². The van der Waals surface area contributed by atoms with Crippen LogP contribution >= 0.6 is 0 Å². The Morgan fingerprint density at radius 3 is 2.60 bits per heavy atom. The molecule has 2 unspecified atom stereocenters. The number of aliphatic hydroxyl groups is 1. The zero-order valence-electron chi connectivity index (χ0n) is 11.4. The van der Waals surface area contributed by atoms with E-state index in [9.17, 15) is 5.11 Å². The van der Waals surface area contributed by atoms with E-state index in [1.54, 1.807) is 6.20 Å². The standard InChI is InChI=1S/C17H19NO2/c19-14-4-3-5-16(12-14)20-15-9-7-13(8-10-15)17-6-1-2-11-18-17/h1-2,6-11,14,16,19H,3-5,12H2. The van der Waals surface area contributed by atoms with Crippen molar-refractivity contribution in [2.24, 2.45) is 0 Å². The van der Waals surface area contributed by atoms with Crippen LogP contribution in [0.3, 0.4) is 0 Å². The molecule has 20 heavy (non-hydrogen) atoms. The van der Waals surface area contributed by atoms with Gasteiger partial charge in [-0.2, -0.15) is 0 Å². The molecule has 0 bridgehead atoms. The van der Waals surface area contributed by atoms with Gasteiger partial charge in [0.15, 0.2) is 0 Å². The Morgan fingerprint density at radius 2 is 1.90 bits per heavy atom. The van der Waals surface area contributed by atoms with E-state index in [1.807, 2.05) is 42.5 Å². The van der Waals surface area contributed by atoms with Crippen LogP contribution in [0.5, 0.6) is 5.75 Å². The zero-order valence-corrected chi connectivity index (χ0v) is 11.4. The number of ether oxygens (including phenoxy) is 1. The molecule has 2 aromatic rings. The number of rotatable bonds is 3. The molecule has 0 amide bonds. The van der Waals surface area contributed by atoms with Crippen molar-refractivity contribution in [1.29, 1.82) is 0 Å². The fraction of sp³-hybridized carbons (Fsp3) is 0.353. The second-order valence-electron chi connectivity index (χ2n) is 5.30. The largest absolute Gasteiger partial charge is 0.490 e. The van der Waals surface area contributed by atoms with E-state index in [2.05, 4.69) is 4.98 Å². The summed E-state index contributed by atoms with van der Waals surface area (Å²) in [7, 11) is 0. The molecule has 1 fully saturated rings. The minimum Gasteiger partial charge on any atom is -0.490 e. The lowest BCUT2D eigenvalue weighted by Gasteiger charge is -2.26. The van der Waals surface area contributed by atoms with Gasteiger partial charge in [0, 0.05) is 18.2 Å². The quantitative estimate of drug-likeness (QED) is 0.928. The number of aromatic nitrogens is 1. The van der Waals surface area contributed by atoms with Gasteiger partial charge in [-0.3, -0.25) is 4.98 Å². The van der Waals surface area contributed by atoms with Gasteiger partial charge in [0.2, 0.25) is 0 Å². The van der Waals surface area contributed by atoms with Crippen molar-refractivity contribution in [3.63, 3.8) is 0 Å². The number of nitrogens with zero attached hydrogens (tertiary/aromatic N) is 1. The lowest BCUT2D eigenvalue weighted by molar-refractivity contribution is 0.0536. The van der Waals surface area contributed by atoms with E-state index in [-0.39, 0.29) is 12.2 Å². The first-order valence-corrected chi connectivity index (χ1v) is 7.17. The van der Waals surface area contributed by atoms with Crippen LogP contribution in [0, 0.1) is 0 Å². The first-order valence-electron chi connectivity index (χ1n) is 7.17. The number of aliphatic hydroxyl groups excluding tert-OH is 1. The summed E-state index contributed by atoms with van der Waals surface area (Å²) in [5.74, 6) is 0.865. The molecule has 1 aromatic carbocycles. The smallest absolute Gasteiger partial charge is 0.119 e. The molecular formula is C17H19NO2. The monoisotopic (exact) mass is 269 g/mol. The lowest BCUT2D eigenvalue weighted by atomic mass is 9.95. The Morgan fingerprint density at radius 1 is 1.05 bits per heavy atom. The number of hydrogen-bond donors (Lipinski definition) is 1. The highest BCUT2D eigenvalue weighted by Crippen LogP contribution is 2.25. The van der Waals surface area contributed by atoms with E-state index in [0.29, 0.717) is 0 Å². The second-order valence-corrected chi connectivity index (χ2v) is 5.30. The molecule has 0 spiro atoms. The molecule has 3 nitrogen and oxygen atoms in total. The van der Waals surface area contributed by atoms with Crippen LogP contribution in [0.15, 0.2) is 48.7 Å². The topological polar surface area (TPSA) is 42.4 Å². The normalized spacial score (nSPS) is 22.4. The average molecular weight is 269 g/mol. The van der Waals surface area contributed by atoms with Crippen molar-refractivity contribution >= 4 is 0 Å². The van der Waals surface area contributed by atoms with Gasteiger partial charge in [-0.05, 0) is 55.7 Å².